The SMILES string of the molecule is CC1(C)CC(=O)C2=C(C1)OC1=C(C(=O)CC(C)(C)C1)C2Cc1ccc2c(c1)OCO2. The predicted octanol–water partition coefficient (Wildman–Crippen LogP) is 4.89. The van der Waals surface area contributed by atoms with Crippen LogP contribution in [0.15, 0.2) is 40.9 Å². The van der Waals surface area contributed by atoms with Gasteiger partial charge in [0.25, 0.3) is 0 Å². The molecular weight excluding hydrogens is 380 g/mol. The molecule has 5 heteroatoms. The Morgan fingerprint density at radius 1 is 0.833 bits per heavy atom. The molecular formula is C25H28O5. The summed E-state index contributed by atoms with van der Waals surface area (Å²) in [5, 5.41) is 0. The van der Waals surface area contributed by atoms with E-state index in [0.29, 0.717) is 30.4 Å². The van der Waals surface area contributed by atoms with Crippen LogP contribution in [0.1, 0.15) is 58.9 Å². The van der Waals surface area contributed by atoms with Crippen molar-refractivity contribution in [3.05, 3.63) is 46.4 Å². The molecule has 0 radical (unpaired) electrons. The average molecular weight is 408 g/mol. The Morgan fingerprint density at radius 3 is 2.00 bits per heavy atom. The Morgan fingerprint density at radius 2 is 1.40 bits per heavy atom. The van der Waals surface area contributed by atoms with E-state index >= 15 is 0 Å². The van der Waals surface area contributed by atoms with E-state index in [9.17, 15) is 9.59 Å². The summed E-state index contributed by atoms with van der Waals surface area (Å²) in [5.74, 6) is 2.95. The van der Waals surface area contributed by atoms with E-state index in [1.54, 1.807) is 0 Å². The highest BCUT2D eigenvalue weighted by atomic mass is 16.7. The molecule has 5 nitrogen and oxygen atoms in total. The minimum atomic E-state index is -0.253. The van der Waals surface area contributed by atoms with E-state index in [1.165, 1.54) is 0 Å². The normalized spacial score (nSPS) is 24.5. The molecule has 0 saturated carbocycles. The van der Waals surface area contributed by atoms with Gasteiger partial charge >= 0.3 is 0 Å². The van der Waals surface area contributed by atoms with Gasteiger partial charge in [-0.15, -0.1) is 0 Å². The number of ether oxygens (including phenoxy) is 3. The van der Waals surface area contributed by atoms with Crippen LogP contribution in [0.5, 0.6) is 11.5 Å². The number of hydrogen-bond acceptors (Lipinski definition) is 5. The average Bonchev–Trinajstić information content (AvgIpc) is 3.06. The van der Waals surface area contributed by atoms with Crippen LogP contribution in [0.2, 0.25) is 0 Å². The Balaban J connectivity index is 1.59. The second-order valence-corrected chi connectivity index (χ2v) is 10.6. The summed E-state index contributed by atoms with van der Waals surface area (Å²) in [7, 11) is 0. The lowest BCUT2D eigenvalue weighted by Gasteiger charge is -2.42. The van der Waals surface area contributed by atoms with E-state index < -0.39 is 0 Å². The maximum Gasteiger partial charge on any atom is 0.231 e. The maximum absolute atomic E-state index is 13.2. The third-order valence-corrected chi connectivity index (χ3v) is 6.58. The number of benzene rings is 1. The van der Waals surface area contributed by atoms with Crippen molar-refractivity contribution in [2.75, 3.05) is 6.79 Å². The lowest BCUT2D eigenvalue weighted by atomic mass is 9.66. The first-order valence-electron chi connectivity index (χ1n) is 10.7. The molecule has 0 amide bonds. The quantitative estimate of drug-likeness (QED) is 0.697. The first-order chi connectivity index (χ1) is 14.1. The van der Waals surface area contributed by atoms with Crippen LogP contribution in [-0.2, 0) is 20.7 Å². The molecule has 0 saturated heterocycles. The van der Waals surface area contributed by atoms with Gasteiger partial charge in [0.15, 0.2) is 23.1 Å². The lowest BCUT2D eigenvalue weighted by molar-refractivity contribution is -0.120. The molecule has 0 aromatic heterocycles. The molecule has 4 aliphatic rings. The second kappa shape index (κ2) is 6.47. The molecule has 0 fully saturated rings. The molecule has 0 bridgehead atoms. The second-order valence-electron chi connectivity index (χ2n) is 10.6. The van der Waals surface area contributed by atoms with Gasteiger partial charge in [0.2, 0.25) is 6.79 Å². The van der Waals surface area contributed by atoms with E-state index in [1.807, 2.05) is 18.2 Å². The minimum Gasteiger partial charge on any atom is -0.465 e. The number of allylic oxidation sites excluding steroid dienone is 4. The zero-order valence-corrected chi connectivity index (χ0v) is 18.1. The fraction of sp³-hybridized carbons (Fsp3) is 0.520. The van der Waals surface area contributed by atoms with Crippen molar-refractivity contribution in [2.24, 2.45) is 16.7 Å². The van der Waals surface area contributed by atoms with Crippen LogP contribution in [0.3, 0.4) is 0 Å². The van der Waals surface area contributed by atoms with E-state index in [0.717, 1.165) is 41.4 Å². The molecule has 0 N–H and O–H groups in total. The molecule has 1 aromatic rings. The number of carbonyl (C=O) groups is 2. The van der Waals surface area contributed by atoms with E-state index in [-0.39, 0.29) is 35.1 Å². The fourth-order valence-corrected chi connectivity index (χ4v) is 5.32. The van der Waals surface area contributed by atoms with Crippen LogP contribution in [0, 0.1) is 16.7 Å². The molecule has 158 valence electrons. The van der Waals surface area contributed by atoms with Gasteiger partial charge in [-0.2, -0.15) is 0 Å². The Labute approximate surface area is 177 Å². The number of Topliss-reactive ketones (excluding diaryl/α,β-unsaturated/α-hetero) is 2. The summed E-state index contributed by atoms with van der Waals surface area (Å²) in [4.78, 5) is 26.4. The first kappa shape index (κ1) is 19.4. The Kier molecular flexibility index (Phi) is 4.18. The largest absolute Gasteiger partial charge is 0.465 e. The molecule has 1 aromatic carbocycles. The smallest absolute Gasteiger partial charge is 0.231 e. The number of ketones is 2. The third kappa shape index (κ3) is 3.24. The fourth-order valence-electron chi connectivity index (χ4n) is 5.32. The molecule has 5 rings (SSSR count). The standard InChI is InChI=1S/C25H28O5/c1-24(2)9-16(26)22-15(7-14-5-6-18-19(8-14)29-13-28-18)23-17(27)10-25(3,4)12-21(23)30-20(22)11-24/h5-6,8,15H,7,9-13H2,1-4H3. The van der Waals surface area contributed by atoms with Crippen LogP contribution < -0.4 is 9.47 Å². The highest BCUT2D eigenvalue weighted by Gasteiger charge is 2.47. The molecule has 2 aliphatic carbocycles. The van der Waals surface area contributed by atoms with Gasteiger partial charge in [-0.25, -0.2) is 0 Å². The maximum atomic E-state index is 13.2. The van der Waals surface area contributed by atoms with Gasteiger partial charge in [-0.3, -0.25) is 9.59 Å². The predicted molar refractivity (Wildman–Crippen MR) is 111 cm³/mol. The molecule has 2 heterocycles. The molecule has 0 atom stereocenters. The summed E-state index contributed by atoms with van der Waals surface area (Å²) in [6.45, 7) is 8.63. The van der Waals surface area contributed by atoms with E-state index in [4.69, 9.17) is 14.2 Å². The first-order valence-corrected chi connectivity index (χ1v) is 10.7. The van der Waals surface area contributed by atoms with Crippen molar-refractivity contribution >= 4 is 11.6 Å². The van der Waals surface area contributed by atoms with Crippen molar-refractivity contribution in [3.8, 4) is 11.5 Å². The zero-order chi connectivity index (χ0) is 21.3. The summed E-state index contributed by atoms with van der Waals surface area (Å²) >= 11 is 0. The van der Waals surface area contributed by atoms with Gasteiger partial charge in [-0.05, 0) is 34.9 Å². The summed E-state index contributed by atoms with van der Waals surface area (Å²) in [6, 6.07) is 5.86. The zero-order valence-electron chi connectivity index (χ0n) is 18.1. The van der Waals surface area contributed by atoms with Gasteiger partial charge in [0.1, 0.15) is 11.5 Å². The summed E-state index contributed by atoms with van der Waals surface area (Å²) in [5.41, 5.74) is 2.18. The summed E-state index contributed by atoms with van der Waals surface area (Å²) < 4.78 is 17.3. The van der Waals surface area contributed by atoms with Crippen molar-refractivity contribution in [1.82, 2.24) is 0 Å². The van der Waals surface area contributed by atoms with Crippen molar-refractivity contribution in [2.45, 2.75) is 59.8 Å². The highest BCUT2D eigenvalue weighted by Crippen LogP contribution is 2.51. The van der Waals surface area contributed by atoms with Crippen molar-refractivity contribution in [3.63, 3.8) is 0 Å². The van der Waals surface area contributed by atoms with Crippen molar-refractivity contribution < 1.29 is 23.8 Å². The van der Waals surface area contributed by atoms with Gasteiger partial charge in [0.05, 0.1) is 0 Å². The molecule has 0 spiro atoms. The molecule has 2 aliphatic heterocycles. The minimum absolute atomic E-state index is 0.108. The van der Waals surface area contributed by atoms with Crippen LogP contribution >= 0.6 is 0 Å². The van der Waals surface area contributed by atoms with Crippen LogP contribution in [-0.4, -0.2) is 18.4 Å². The number of fused-ring (bicyclic) bond motifs is 1. The third-order valence-electron chi connectivity index (χ3n) is 6.58. The lowest BCUT2D eigenvalue weighted by Crippen LogP contribution is -2.39. The molecule has 0 unspecified atom stereocenters. The van der Waals surface area contributed by atoms with Crippen LogP contribution in [0.25, 0.3) is 0 Å². The highest BCUT2D eigenvalue weighted by molar-refractivity contribution is 6.04. The molecule has 30 heavy (non-hydrogen) atoms. The number of carbonyl (C=O) groups excluding carboxylic acids is 2. The number of hydrogen-bond donors (Lipinski definition) is 0. The Hall–Kier alpha value is -2.56. The van der Waals surface area contributed by atoms with Crippen LogP contribution in [0.4, 0.5) is 0 Å². The van der Waals surface area contributed by atoms with Crippen molar-refractivity contribution in [1.29, 1.82) is 0 Å². The number of rotatable bonds is 2. The van der Waals surface area contributed by atoms with Gasteiger partial charge in [-0.1, -0.05) is 33.8 Å². The van der Waals surface area contributed by atoms with E-state index in [2.05, 4.69) is 27.7 Å². The summed E-state index contributed by atoms with van der Waals surface area (Å²) in [6.07, 6.45) is 2.98. The monoisotopic (exact) mass is 408 g/mol. The van der Waals surface area contributed by atoms with Gasteiger partial charge < -0.3 is 14.2 Å². The Bertz CT molecular complexity index is 972. The van der Waals surface area contributed by atoms with Gasteiger partial charge in [0, 0.05) is 42.7 Å². The topological polar surface area (TPSA) is 61.8 Å².